The lowest BCUT2D eigenvalue weighted by Gasteiger charge is -2.39. The number of rotatable bonds is 2. The predicted octanol–water partition coefficient (Wildman–Crippen LogP) is -0.330. The van der Waals surface area contributed by atoms with Gasteiger partial charge in [0.15, 0.2) is 6.04 Å². The van der Waals surface area contributed by atoms with E-state index in [0.29, 0.717) is 0 Å². The number of carbonyl (C=O) groups excluding carboxylic acids is 4. The van der Waals surface area contributed by atoms with Crippen LogP contribution in [0, 0.1) is 0 Å². The maximum absolute atomic E-state index is 12.2. The number of ether oxygens (including phenoxy) is 1. The van der Waals surface area contributed by atoms with Crippen LogP contribution in [0.2, 0.25) is 0 Å². The molecule has 7 heteroatoms. The summed E-state index contributed by atoms with van der Waals surface area (Å²) in [7, 11) is 0. The molecule has 0 aliphatic carbocycles. The monoisotopic (exact) mass is 274 g/mol. The van der Waals surface area contributed by atoms with Crippen LogP contribution in [0.4, 0.5) is 0 Å². The molecule has 0 radical (unpaired) electrons. The zero-order valence-electron chi connectivity index (χ0n) is 10.5. The largest absolute Gasteiger partial charge is 0.439 e. The first-order valence-corrected chi connectivity index (χ1v) is 5.95. The average Bonchev–Trinajstić information content (AvgIpc) is 2.64. The number of amides is 3. The molecule has 2 heterocycles. The van der Waals surface area contributed by atoms with Crippen LogP contribution < -0.4 is 5.32 Å². The van der Waals surface area contributed by atoms with Crippen molar-refractivity contribution in [3.05, 3.63) is 35.4 Å². The number of fused-ring (bicyclic) bond motifs is 1. The van der Waals surface area contributed by atoms with Crippen molar-refractivity contribution in [3.63, 3.8) is 0 Å². The lowest BCUT2D eigenvalue weighted by molar-refractivity contribution is -0.166. The van der Waals surface area contributed by atoms with Gasteiger partial charge in [0.05, 0.1) is 11.1 Å². The van der Waals surface area contributed by atoms with Gasteiger partial charge in [-0.15, -0.1) is 0 Å². The third-order valence-corrected chi connectivity index (χ3v) is 3.24. The topological polar surface area (TPSA) is 92.8 Å². The number of esters is 1. The van der Waals surface area contributed by atoms with Gasteiger partial charge in [0.1, 0.15) is 0 Å². The fourth-order valence-electron chi connectivity index (χ4n) is 2.33. The molecule has 0 spiro atoms. The molecule has 20 heavy (non-hydrogen) atoms. The summed E-state index contributed by atoms with van der Waals surface area (Å²) in [6.45, 7) is 1.18. The Kier molecular flexibility index (Phi) is 2.56. The first-order chi connectivity index (χ1) is 9.50. The molecule has 0 aromatic heterocycles. The molecule has 2 aliphatic heterocycles. The van der Waals surface area contributed by atoms with Gasteiger partial charge in [-0.1, -0.05) is 12.1 Å². The van der Waals surface area contributed by atoms with Gasteiger partial charge >= 0.3 is 5.97 Å². The van der Waals surface area contributed by atoms with Gasteiger partial charge in [0.25, 0.3) is 17.7 Å². The smallest absolute Gasteiger partial charge is 0.304 e. The van der Waals surface area contributed by atoms with Crippen LogP contribution >= 0.6 is 0 Å². The van der Waals surface area contributed by atoms with E-state index in [0.717, 1.165) is 4.90 Å². The van der Waals surface area contributed by atoms with E-state index in [1.807, 2.05) is 0 Å². The summed E-state index contributed by atoms with van der Waals surface area (Å²) in [6.07, 6.45) is -0.984. The summed E-state index contributed by atoms with van der Waals surface area (Å²) in [5.41, 5.74) is 0.498. The quantitative estimate of drug-likeness (QED) is 0.453. The molecule has 1 fully saturated rings. The first-order valence-electron chi connectivity index (χ1n) is 5.95. The molecule has 1 aromatic carbocycles. The third-order valence-electron chi connectivity index (χ3n) is 3.24. The number of carbonyl (C=O) groups is 4. The van der Waals surface area contributed by atoms with Crippen molar-refractivity contribution in [1.82, 2.24) is 10.2 Å². The summed E-state index contributed by atoms with van der Waals surface area (Å²) in [5.74, 6) is -2.23. The Morgan fingerprint density at radius 3 is 2.15 bits per heavy atom. The Morgan fingerprint density at radius 1 is 1.15 bits per heavy atom. The fraction of sp³-hybridized carbons (Fsp3) is 0.231. The van der Waals surface area contributed by atoms with E-state index in [1.54, 1.807) is 12.1 Å². The van der Waals surface area contributed by atoms with Gasteiger partial charge in [0, 0.05) is 6.92 Å². The second-order valence-corrected chi connectivity index (χ2v) is 4.51. The van der Waals surface area contributed by atoms with Gasteiger partial charge in [0.2, 0.25) is 6.23 Å². The Labute approximate surface area is 113 Å². The zero-order chi connectivity index (χ0) is 14.4. The van der Waals surface area contributed by atoms with Crippen molar-refractivity contribution in [2.75, 3.05) is 0 Å². The van der Waals surface area contributed by atoms with Crippen LogP contribution in [0.15, 0.2) is 24.3 Å². The van der Waals surface area contributed by atoms with Crippen molar-refractivity contribution < 1.29 is 23.9 Å². The van der Waals surface area contributed by atoms with E-state index in [1.165, 1.54) is 19.1 Å². The highest BCUT2D eigenvalue weighted by Gasteiger charge is 2.53. The van der Waals surface area contributed by atoms with Gasteiger partial charge in [-0.05, 0) is 12.1 Å². The van der Waals surface area contributed by atoms with Crippen LogP contribution in [0.5, 0.6) is 0 Å². The zero-order valence-corrected chi connectivity index (χ0v) is 10.5. The number of imide groups is 1. The van der Waals surface area contributed by atoms with Crippen LogP contribution in [-0.2, 0) is 14.3 Å². The highest BCUT2D eigenvalue weighted by Crippen LogP contribution is 2.28. The maximum Gasteiger partial charge on any atom is 0.304 e. The predicted molar refractivity (Wildman–Crippen MR) is 64.4 cm³/mol. The molecule has 3 amide bonds. The van der Waals surface area contributed by atoms with E-state index >= 15 is 0 Å². The third kappa shape index (κ3) is 1.59. The van der Waals surface area contributed by atoms with Gasteiger partial charge < -0.3 is 10.1 Å². The number of hydrogen-bond donors (Lipinski definition) is 1. The molecule has 2 atom stereocenters. The molecule has 2 aliphatic rings. The molecular weight excluding hydrogens is 264 g/mol. The minimum atomic E-state index is -1.11. The second-order valence-electron chi connectivity index (χ2n) is 4.51. The van der Waals surface area contributed by atoms with Gasteiger partial charge in [-0.2, -0.15) is 0 Å². The maximum atomic E-state index is 12.2. The van der Waals surface area contributed by atoms with Crippen LogP contribution in [0.25, 0.3) is 0 Å². The van der Waals surface area contributed by atoms with E-state index in [-0.39, 0.29) is 11.1 Å². The Hall–Kier alpha value is -2.70. The van der Waals surface area contributed by atoms with Crippen molar-refractivity contribution in [2.45, 2.75) is 19.2 Å². The summed E-state index contributed by atoms with van der Waals surface area (Å²) < 4.78 is 4.86. The molecule has 0 saturated carbocycles. The number of nitrogens with one attached hydrogen (secondary N) is 1. The van der Waals surface area contributed by atoms with Gasteiger partial charge in [-0.25, -0.2) is 0 Å². The number of nitrogens with zero attached hydrogens (tertiary/aromatic N) is 1. The van der Waals surface area contributed by atoms with Crippen molar-refractivity contribution >= 4 is 23.7 Å². The molecule has 7 nitrogen and oxygen atoms in total. The normalized spacial score (nSPS) is 24.1. The molecule has 1 saturated heterocycles. The van der Waals surface area contributed by atoms with Crippen LogP contribution in [-0.4, -0.2) is 40.9 Å². The van der Waals surface area contributed by atoms with Crippen molar-refractivity contribution in [2.24, 2.45) is 0 Å². The summed E-state index contributed by atoms with van der Waals surface area (Å²) in [5, 5.41) is 2.34. The molecule has 102 valence electrons. The van der Waals surface area contributed by atoms with Crippen LogP contribution in [0.3, 0.4) is 0 Å². The SMILES string of the molecule is CC(=O)OC1NC(=O)C1N1C(=O)c2ccccc2C1=O. The highest BCUT2D eigenvalue weighted by molar-refractivity contribution is 6.23. The Balaban J connectivity index is 1.92. The minimum absolute atomic E-state index is 0.249. The average molecular weight is 274 g/mol. The van der Waals surface area contributed by atoms with E-state index < -0.39 is 36.0 Å². The minimum Gasteiger partial charge on any atom is -0.439 e. The number of β-lactam (4-membered cyclic amide) rings is 1. The van der Waals surface area contributed by atoms with Crippen molar-refractivity contribution in [1.29, 1.82) is 0 Å². The van der Waals surface area contributed by atoms with E-state index in [4.69, 9.17) is 4.74 Å². The lowest BCUT2D eigenvalue weighted by Crippen LogP contribution is -2.71. The van der Waals surface area contributed by atoms with Crippen LogP contribution in [0.1, 0.15) is 27.6 Å². The molecule has 1 N–H and O–H groups in total. The summed E-state index contributed by atoms with van der Waals surface area (Å²) >= 11 is 0. The fourth-order valence-corrected chi connectivity index (χ4v) is 2.33. The molecule has 3 rings (SSSR count). The summed E-state index contributed by atoms with van der Waals surface area (Å²) in [6, 6.07) is 5.21. The Bertz CT molecular complexity index is 619. The second kappa shape index (κ2) is 4.16. The standard InChI is InChI=1S/C13H10N2O5/c1-6(16)20-11-9(10(17)14-11)15-12(18)7-4-2-3-5-8(7)13(15)19/h2-5,9,11H,1H3,(H,14,17). The molecule has 1 aromatic rings. The molecular formula is C13H10N2O5. The Morgan fingerprint density at radius 2 is 1.70 bits per heavy atom. The highest BCUT2D eigenvalue weighted by atomic mass is 16.6. The lowest BCUT2D eigenvalue weighted by atomic mass is 10.1. The number of benzene rings is 1. The first kappa shape index (κ1) is 12.3. The molecule has 0 bridgehead atoms. The van der Waals surface area contributed by atoms with E-state index in [9.17, 15) is 19.2 Å². The van der Waals surface area contributed by atoms with Crippen molar-refractivity contribution in [3.8, 4) is 0 Å². The summed E-state index contributed by atoms with van der Waals surface area (Å²) in [4.78, 5) is 47.8. The van der Waals surface area contributed by atoms with Gasteiger partial charge in [-0.3, -0.25) is 24.1 Å². The number of hydrogen-bond acceptors (Lipinski definition) is 5. The molecule has 2 unspecified atom stereocenters. The van der Waals surface area contributed by atoms with E-state index in [2.05, 4.69) is 5.32 Å².